The highest BCUT2D eigenvalue weighted by atomic mass is 32.1. The number of aromatic amines is 1. The zero-order valence-corrected chi connectivity index (χ0v) is 17.7. The van der Waals surface area contributed by atoms with E-state index in [-0.39, 0.29) is 6.61 Å². The van der Waals surface area contributed by atoms with E-state index in [0.29, 0.717) is 28.7 Å². The number of hydrogen-bond acceptors (Lipinski definition) is 6. The first-order valence-electron chi connectivity index (χ1n) is 9.22. The van der Waals surface area contributed by atoms with Crippen LogP contribution < -0.4 is 14.2 Å². The van der Waals surface area contributed by atoms with E-state index < -0.39 is 0 Å². The van der Waals surface area contributed by atoms with Gasteiger partial charge in [-0.15, -0.1) is 0 Å². The zero-order chi connectivity index (χ0) is 20.8. The second-order valence-electron chi connectivity index (χ2n) is 6.46. The second-order valence-corrected chi connectivity index (χ2v) is 6.84. The fraction of sp³-hybridized carbons (Fsp3) is 0.286. The van der Waals surface area contributed by atoms with Crippen LogP contribution in [0.15, 0.2) is 41.5 Å². The van der Waals surface area contributed by atoms with Crippen molar-refractivity contribution in [3.8, 4) is 17.2 Å². The van der Waals surface area contributed by atoms with E-state index in [1.807, 2.05) is 51.1 Å². The monoisotopic (exact) mass is 412 g/mol. The Kier molecular flexibility index (Phi) is 6.66. The smallest absolute Gasteiger partial charge is 0.216 e. The van der Waals surface area contributed by atoms with Crippen molar-refractivity contribution in [3.63, 3.8) is 0 Å². The summed E-state index contributed by atoms with van der Waals surface area (Å²) in [5.74, 6) is 2.69. The van der Waals surface area contributed by atoms with E-state index in [9.17, 15) is 0 Å². The number of H-pyrrole nitrogens is 1. The van der Waals surface area contributed by atoms with Crippen LogP contribution >= 0.6 is 12.2 Å². The van der Waals surface area contributed by atoms with Crippen molar-refractivity contribution >= 4 is 18.4 Å². The number of nitrogens with zero attached hydrogens (tertiary/aromatic N) is 3. The van der Waals surface area contributed by atoms with Crippen molar-refractivity contribution in [1.29, 1.82) is 0 Å². The van der Waals surface area contributed by atoms with E-state index >= 15 is 0 Å². The van der Waals surface area contributed by atoms with E-state index in [4.69, 9.17) is 26.4 Å². The van der Waals surface area contributed by atoms with Gasteiger partial charge in [0, 0.05) is 0 Å². The lowest BCUT2D eigenvalue weighted by Gasteiger charge is -2.09. The summed E-state index contributed by atoms with van der Waals surface area (Å²) in [5.41, 5.74) is 3.12. The molecule has 1 aromatic heterocycles. The molecule has 152 valence electrons. The molecule has 0 unspecified atom stereocenters. The first kappa shape index (κ1) is 20.6. The van der Waals surface area contributed by atoms with Crippen molar-refractivity contribution in [2.45, 2.75) is 27.4 Å². The Morgan fingerprint density at radius 3 is 2.55 bits per heavy atom. The molecule has 8 heteroatoms. The number of hydrogen-bond donors (Lipinski definition) is 1. The van der Waals surface area contributed by atoms with Crippen LogP contribution in [-0.2, 0) is 6.61 Å². The molecule has 2 aromatic carbocycles. The number of rotatable bonds is 8. The summed E-state index contributed by atoms with van der Waals surface area (Å²) in [6, 6.07) is 11.7. The highest BCUT2D eigenvalue weighted by molar-refractivity contribution is 7.71. The van der Waals surface area contributed by atoms with Crippen LogP contribution in [0.25, 0.3) is 0 Å². The molecule has 0 aliphatic heterocycles. The molecule has 1 heterocycles. The fourth-order valence-electron chi connectivity index (χ4n) is 2.86. The summed E-state index contributed by atoms with van der Waals surface area (Å²) in [6.07, 6.45) is 1.68. The fourth-order valence-corrected chi connectivity index (χ4v) is 3.06. The first-order valence-corrected chi connectivity index (χ1v) is 9.63. The summed E-state index contributed by atoms with van der Waals surface area (Å²) in [7, 11) is 1.60. The van der Waals surface area contributed by atoms with E-state index in [1.165, 1.54) is 0 Å². The lowest BCUT2D eigenvalue weighted by Crippen LogP contribution is -2.04. The number of benzene rings is 2. The third-order valence-corrected chi connectivity index (χ3v) is 4.35. The van der Waals surface area contributed by atoms with Gasteiger partial charge in [0.1, 0.15) is 12.4 Å². The Balaban J connectivity index is 1.78. The Morgan fingerprint density at radius 1 is 1.10 bits per heavy atom. The lowest BCUT2D eigenvalue weighted by atomic mass is 10.1. The molecule has 0 bridgehead atoms. The summed E-state index contributed by atoms with van der Waals surface area (Å²) in [4.78, 5) is 0. The van der Waals surface area contributed by atoms with Crippen molar-refractivity contribution < 1.29 is 14.2 Å². The summed E-state index contributed by atoms with van der Waals surface area (Å²) in [6.45, 7) is 6.80. The molecule has 29 heavy (non-hydrogen) atoms. The molecule has 0 aliphatic carbocycles. The molecule has 3 rings (SSSR count). The molecule has 0 amide bonds. The van der Waals surface area contributed by atoms with Crippen molar-refractivity contribution in [1.82, 2.24) is 14.9 Å². The first-order chi connectivity index (χ1) is 14.0. The molecule has 0 aliphatic rings. The van der Waals surface area contributed by atoms with Crippen molar-refractivity contribution in [2.75, 3.05) is 13.7 Å². The summed E-state index contributed by atoms with van der Waals surface area (Å²) >= 11 is 5.30. The van der Waals surface area contributed by atoms with Crippen LogP contribution in [-0.4, -0.2) is 34.8 Å². The normalized spacial score (nSPS) is 11.0. The van der Waals surface area contributed by atoms with Crippen LogP contribution in [0.3, 0.4) is 0 Å². The molecule has 0 fully saturated rings. The van der Waals surface area contributed by atoms with Crippen LogP contribution in [0.1, 0.15) is 29.4 Å². The quantitative estimate of drug-likeness (QED) is 0.438. The number of aryl methyl sites for hydroxylation is 2. The van der Waals surface area contributed by atoms with Crippen LogP contribution in [0.2, 0.25) is 0 Å². The van der Waals surface area contributed by atoms with Crippen LogP contribution in [0, 0.1) is 18.6 Å². The second kappa shape index (κ2) is 9.38. The van der Waals surface area contributed by atoms with E-state index in [2.05, 4.69) is 21.4 Å². The molecule has 3 aromatic rings. The predicted molar refractivity (Wildman–Crippen MR) is 115 cm³/mol. The van der Waals surface area contributed by atoms with Gasteiger partial charge in [-0.3, -0.25) is 0 Å². The van der Waals surface area contributed by atoms with Gasteiger partial charge in [-0.2, -0.15) is 14.9 Å². The van der Waals surface area contributed by atoms with Gasteiger partial charge in [0.05, 0.1) is 19.9 Å². The Hall–Kier alpha value is -3.13. The molecule has 0 saturated carbocycles. The SMILES string of the molecule is CCOc1ccc(/C=N\n2c(COc3cc(C)cc(C)c3)n[nH]c2=S)cc1OC. The number of ether oxygens (including phenoxy) is 3. The minimum Gasteiger partial charge on any atom is -0.493 e. The molecule has 7 nitrogen and oxygen atoms in total. The molecular weight excluding hydrogens is 388 g/mol. The Morgan fingerprint density at radius 2 is 1.86 bits per heavy atom. The highest BCUT2D eigenvalue weighted by Crippen LogP contribution is 2.27. The average Bonchev–Trinajstić information content (AvgIpc) is 3.04. The predicted octanol–water partition coefficient (Wildman–Crippen LogP) is 4.43. The Bertz CT molecular complexity index is 1050. The van der Waals surface area contributed by atoms with Gasteiger partial charge >= 0.3 is 0 Å². The van der Waals surface area contributed by atoms with E-state index in [1.54, 1.807) is 18.0 Å². The molecule has 0 spiro atoms. The minimum absolute atomic E-state index is 0.236. The summed E-state index contributed by atoms with van der Waals surface area (Å²) in [5, 5.41) is 11.4. The topological polar surface area (TPSA) is 73.7 Å². The van der Waals surface area contributed by atoms with Gasteiger partial charge in [0.15, 0.2) is 17.3 Å². The van der Waals surface area contributed by atoms with E-state index in [0.717, 1.165) is 22.4 Å². The number of aromatic nitrogens is 3. The van der Waals surface area contributed by atoms with Gasteiger partial charge in [0.25, 0.3) is 0 Å². The molecular formula is C21H24N4O3S. The maximum atomic E-state index is 5.88. The average molecular weight is 413 g/mol. The van der Waals surface area contributed by atoms with Gasteiger partial charge < -0.3 is 14.2 Å². The highest BCUT2D eigenvalue weighted by Gasteiger charge is 2.08. The van der Waals surface area contributed by atoms with Gasteiger partial charge in [-0.25, -0.2) is 5.10 Å². The molecule has 0 atom stereocenters. The largest absolute Gasteiger partial charge is 0.493 e. The third-order valence-electron chi connectivity index (χ3n) is 4.09. The minimum atomic E-state index is 0.236. The Labute approximate surface area is 174 Å². The van der Waals surface area contributed by atoms with Gasteiger partial charge in [-0.05, 0) is 80.0 Å². The third kappa shape index (κ3) is 5.23. The standard InChI is InChI=1S/C21H24N4O3S/c1-5-27-18-7-6-16(11-19(18)26-4)12-22-25-20(23-24-21(25)29)13-28-17-9-14(2)8-15(3)10-17/h6-12H,5,13H2,1-4H3,(H,24,29)/b22-12-. The lowest BCUT2D eigenvalue weighted by molar-refractivity contribution is 0.290. The molecule has 0 saturated heterocycles. The van der Waals surface area contributed by atoms with Crippen LogP contribution in [0.5, 0.6) is 17.2 Å². The number of methoxy groups -OCH3 is 1. The zero-order valence-electron chi connectivity index (χ0n) is 16.9. The van der Waals surface area contributed by atoms with Crippen molar-refractivity contribution in [2.24, 2.45) is 5.10 Å². The molecule has 0 radical (unpaired) electrons. The maximum Gasteiger partial charge on any atom is 0.216 e. The van der Waals surface area contributed by atoms with Crippen LogP contribution in [0.4, 0.5) is 0 Å². The maximum absolute atomic E-state index is 5.88. The summed E-state index contributed by atoms with van der Waals surface area (Å²) < 4.78 is 18.7. The van der Waals surface area contributed by atoms with Gasteiger partial charge in [0.2, 0.25) is 4.77 Å². The number of nitrogens with one attached hydrogen (secondary N) is 1. The van der Waals surface area contributed by atoms with Gasteiger partial charge in [-0.1, -0.05) is 6.07 Å². The molecule has 1 N–H and O–H groups in total. The van der Waals surface area contributed by atoms with Crippen molar-refractivity contribution in [3.05, 3.63) is 63.7 Å².